The van der Waals surface area contributed by atoms with E-state index in [2.05, 4.69) is 19.1 Å². The zero-order valence-corrected chi connectivity index (χ0v) is 18.5. The van der Waals surface area contributed by atoms with Crippen LogP contribution in [-0.2, 0) is 14.3 Å². The molecule has 0 saturated carbocycles. The van der Waals surface area contributed by atoms with Gasteiger partial charge in [-0.15, -0.1) is 0 Å². The lowest BCUT2D eigenvalue weighted by atomic mass is 10.1. The summed E-state index contributed by atoms with van der Waals surface area (Å²) in [4.78, 5) is 22.0. The molecule has 0 rings (SSSR count). The first-order chi connectivity index (χ1) is 13.1. The largest absolute Gasteiger partial charge is 0.466 e. The molecule has 0 heterocycles. The summed E-state index contributed by atoms with van der Waals surface area (Å²) in [6.07, 6.45) is 22.8. The molecule has 0 bridgehead atoms. The minimum absolute atomic E-state index is 0.0415. The monoisotopic (exact) mass is 383 g/mol. The van der Waals surface area contributed by atoms with E-state index in [4.69, 9.17) is 4.74 Å². The highest BCUT2D eigenvalue weighted by atomic mass is 16.5. The lowest BCUT2D eigenvalue weighted by Gasteiger charge is -2.01. The molecule has 4 nitrogen and oxygen atoms in total. The number of carbonyl (C=O) groups is 2. The number of hydrogen-bond acceptors (Lipinski definition) is 3. The fraction of sp³-hybridized carbons (Fsp3) is 0.826. The predicted octanol–water partition coefficient (Wildman–Crippen LogP) is 6.29. The van der Waals surface area contributed by atoms with E-state index >= 15 is 0 Å². The van der Waals surface area contributed by atoms with Crippen LogP contribution in [-0.4, -0.2) is 38.0 Å². The normalized spacial score (nSPS) is 10.4. The number of esters is 1. The lowest BCUT2D eigenvalue weighted by Crippen LogP contribution is -2.06. The van der Waals surface area contributed by atoms with Crippen LogP contribution >= 0.6 is 0 Å². The van der Waals surface area contributed by atoms with Gasteiger partial charge in [-0.1, -0.05) is 70.4 Å². The summed E-state index contributed by atoms with van der Waals surface area (Å²) in [5.74, 6) is -0.0415. The highest BCUT2D eigenvalue weighted by Gasteiger charge is 2.00. The van der Waals surface area contributed by atoms with Gasteiger partial charge >= 0.3 is 5.97 Å². The van der Waals surface area contributed by atoms with Crippen molar-refractivity contribution in [1.82, 2.24) is 4.90 Å². The van der Waals surface area contributed by atoms with Crippen molar-refractivity contribution in [1.29, 1.82) is 0 Å². The summed E-state index contributed by atoms with van der Waals surface area (Å²) in [5.41, 5.74) is 0. The summed E-state index contributed by atoms with van der Waals surface area (Å²) in [6, 6.07) is 0. The summed E-state index contributed by atoms with van der Waals surface area (Å²) >= 11 is 0. The Labute approximate surface area is 168 Å². The Morgan fingerprint density at radius 1 is 0.778 bits per heavy atom. The van der Waals surface area contributed by atoms with E-state index in [1.807, 2.05) is 6.92 Å². The lowest BCUT2D eigenvalue weighted by molar-refractivity contribution is -0.143. The number of amides is 1. The van der Waals surface area contributed by atoms with Crippen LogP contribution in [0.25, 0.3) is 0 Å². The maximum atomic E-state index is 11.1. The van der Waals surface area contributed by atoms with Gasteiger partial charge in [-0.25, -0.2) is 0 Å². The predicted molar refractivity (Wildman–Crippen MR) is 116 cm³/mol. The topological polar surface area (TPSA) is 46.6 Å². The molecular weight excluding hydrogens is 338 g/mol. The van der Waals surface area contributed by atoms with Gasteiger partial charge in [0.15, 0.2) is 0 Å². The Bertz CT molecular complexity index is 341. The molecule has 0 aliphatic carbocycles. The van der Waals surface area contributed by atoms with Crippen molar-refractivity contribution >= 4 is 12.4 Å². The van der Waals surface area contributed by atoms with Crippen molar-refractivity contribution in [2.75, 3.05) is 20.7 Å². The van der Waals surface area contributed by atoms with Gasteiger partial charge in [-0.2, -0.15) is 0 Å². The van der Waals surface area contributed by atoms with Gasteiger partial charge in [-0.3, -0.25) is 9.59 Å². The molecule has 0 aromatic heterocycles. The highest BCUT2D eigenvalue weighted by molar-refractivity contribution is 5.69. The first kappa shape index (κ1) is 27.9. The number of allylic oxidation sites excluding steroid dienone is 2. The molecule has 0 atom stereocenters. The zero-order chi connectivity index (χ0) is 20.6. The third-order valence-corrected chi connectivity index (χ3v) is 4.16. The van der Waals surface area contributed by atoms with Crippen molar-refractivity contribution < 1.29 is 14.3 Å². The first-order valence-electron chi connectivity index (χ1n) is 11.0. The van der Waals surface area contributed by atoms with Crippen LogP contribution in [0.3, 0.4) is 0 Å². The minimum Gasteiger partial charge on any atom is -0.466 e. The number of ether oxygens (including phenoxy) is 1. The van der Waals surface area contributed by atoms with Gasteiger partial charge in [0, 0.05) is 20.5 Å². The van der Waals surface area contributed by atoms with Crippen molar-refractivity contribution in [2.45, 2.75) is 104 Å². The second kappa shape index (κ2) is 24.7. The molecule has 0 aliphatic rings. The molecule has 0 spiro atoms. The van der Waals surface area contributed by atoms with Gasteiger partial charge in [-0.05, 0) is 39.0 Å². The van der Waals surface area contributed by atoms with Crippen LogP contribution in [0.15, 0.2) is 12.2 Å². The van der Waals surface area contributed by atoms with Crippen LogP contribution in [0, 0.1) is 0 Å². The Hall–Kier alpha value is -1.32. The summed E-state index contributed by atoms with van der Waals surface area (Å²) in [6.45, 7) is 4.63. The van der Waals surface area contributed by atoms with E-state index in [1.165, 1.54) is 75.5 Å². The number of hydrogen-bond donors (Lipinski definition) is 0. The summed E-state index contributed by atoms with van der Waals surface area (Å²) in [5, 5.41) is 0. The number of carbonyl (C=O) groups excluding carboxylic acids is 2. The molecule has 4 heteroatoms. The van der Waals surface area contributed by atoms with Crippen LogP contribution < -0.4 is 0 Å². The van der Waals surface area contributed by atoms with E-state index in [-0.39, 0.29) is 5.97 Å². The van der Waals surface area contributed by atoms with Crippen molar-refractivity contribution in [3.05, 3.63) is 12.2 Å². The van der Waals surface area contributed by atoms with Gasteiger partial charge in [0.25, 0.3) is 0 Å². The molecule has 0 fully saturated rings. The van der Waals surface area contributed by atoms with E-state index in [0.29, 0.717) is 13.0 Å². The van der Waals surface area contributed by atoms with Crippen molar-refractivity contribution in [2.24, 2.45) is 0 Å². The van der Waals surface area contributed by atoms with Crippen LogP contribution in [0.5, 0.6) is 0 Å². The summed E-state index contributed by atoms with van der Waals surface area (Å²) in [7, 11) is 3.38. The van der Waals surface area contributed by atoms with Crippen LogP contribution in [0.1, 0.15) is 104 Å². The molecule has 0 N–H and O–H groups in total. The van der Waals surface area contributed by atoms with E-state index in [9.17, 15) is 9.59 Å². The standard InChI is InChI=1S/C20H38O2.C3H7NO/c1-3-5-6-7-8-9-10-11-12-13-14-15-16-17-18-19-20(21)22-4-2;1-4(2)3-5/h11-12H,3-10,13-19H2,1-2H3;3H,1-2H3/b12-11-;. The first-order valence-corrected chi connectivity index (χ1v) is 11.0. The van der Waals surface area contributed by atoms with Gasteiger partial charge in [0.1, 0.15) is 0 Å². The average molecular weight is 384 g/mol. The molecule has 27 heavy (non-hydrogen) atoms. The van der Waals surface area contributed by atoms with E-state index in [1.54, 1.807) is 14.1 Å². The maximum Gasteiger partial charge on any atom is 0.305 e. The molecule has 0 radical (unpaired) electrons. The molecule has 0 saturated heterocycles. The molecule has 0 unspecified atom stereocenters. The zero-order valence-electron chi connectivity index (χ0n) is 18.5. The maximum absolute atomic E-state index is 11.1. The number of unbranched alkanes of at least 4 members (excludes halogenated alkanes) is 11. The molecular formula is C23H45NO3. The molecule has 0 aliphatic heterocycles. The van der Waals surface area contributed by atoms with Crippen molar-refractivity contribution in [3.8, 4) is 0 Å². The quantitative estimate of drug-likeness (QED) is 0.128. The smallest absolute Gasteiger partial charge is 0.305 e. The van der Waals surface area contributed by atoms with Crippen LogP contribution in [0.4, 0.5) is 0 Å². The van der Waals surface area contributed by atoms with Gasteiger partial charge in [0.2, 0.25) is 6.41 Å². The van der Waals surface area contributed by atoms with Gasteiger partial charge in [0.05, 0.1) is 6.61 Å². The Balaban J connectivity index is 0. The number of rotatable bonds is 17. The second-order valence-corrected chi connectivity index (χ2v) is 7.21. The highest BCUT2D eigenvalue weighted by Crippen LogP contribution is 2.10. The molecule has 160 valence electrons. The third kappa shape index (κ3) is 29.7. The third-order valence-electron chi connectivity index (χ3n) is 4.16. The fourth-order valence-electron chi connectivity index (χ4n) is 2.57. The Morgan fingerprint density at radius 2 is 1.22 bits per heavy atom. The Morgan fingerprint density at radius 3 is 1.67 bits per heavy atom. The molecule has 1 amide bonds. The van der Waals surface area contributed by atoms with Gasteiger partial charge < -0.3 is 9.64 Å². The minimum atomic E-state index is -0.0415. The second-order valence-electron chi connectivity index (χ2n) is 7.21. The summed E-state index contributed by atoms with van der Waals surface area (Å²) < 4.78 is 4.91. The van der Waals surface area contributed by atoms with E-state index < -0.39 is 0 Å². The number of nitrogens with zero attached hydrogens (tertiary/aromatic N) is 1. The fourth-order valence-corrected chi connectivity index (χ4v) is 2.57. The van der Waals surface area contributed by atoms with Crippen molar-refractivity contribution in [3.63, 3.8) is 0 Å². The Kier molecular flexibility index (Phi) is 25.5. The van der Waals surface area contributed by atoms with E-state index in [0.717, 1.165) is 19.3 Å². The molecule has 0 aromatic rings. The average Bonchev–Trinajstić information content (AvgIpc) is 2.65. The van der Waals surface area contributed by atoms with Crippen LogP contribution in [0.2, 0.25) is 0 Å². The SMILES string of the molecule is CCCCCCCC/C=C\CCCCCCCC(=O)OCC.CN(C)C=O. The molecule has 0 aromatic carbocycles.